The molecule has 0 saturated heterocycles. The lowest BCUT2D eigenvalue weighted by molar-refractivity contribution is -0.137. The lowest BCUT2D eigenvalue weighted by Gasteiger charge is -2.06. The lowest BCUT2D eigenvalue weighted by Crippen LogP contribution is -2.23. The summed E-state index contributed by atoms with van der Waals surface area (Å²) in [4.78, 5) is 11.7. The van der Waals surface area contributed by atoms with Crippen molar-refractivity contribution in [3.05, 3.63) is 77.1 Å². The van der Waals surface area contributed by atoms with Crippen molar-refractivity contribution in [3.63, 3.8) is 0 Å². The molecule has 0 unspecified atom stereocenters. The van der Waals surface area contributed by atoms with Crippen molar-refractivity contribution in [2.45, 2.75) is 12.6 Å². The molecule has 0 atom stereocenters. The molecule has 0 aromatic heterocycles. The fourth-order valence-electron chi connectivity index (χ4n) is 2.07. The van der Waals surface area contributed by atoms with Crippen LogP contribution < -0.4 is 5.32 Å². The molecule has 6 heteroatoms. The number of carbonyl (C=O) groups is 1. The van der Waals surface area contributed by atoms with E-state index in [2.05, 4.69) is 5.32 Å². The molecule has 0 aliphatic heterocycles. The van der Waals surface area contributed by atoms with Crippen LogP contribution in [0.5, 0.6) is 0 Å². The van der Waals surface area contributed by atoms with Gasteiger partial charge in [0.1, 0.15) is 5.82 Å². The number of hydrogen-bond acceptors (Lipinski definition) is 1. The predicted molar refractivity (Wildman–Crippen MR) is 83.6 cm³/mol. The van der Waals surface area contributed by atoms with Gasteiger partial charge in [-0.1, -0.05) is 30.3 Å². The van der Waals surface area contributed by atoms with Crippen LogP contribution in [0.25, 0.3) is 6.08 Å². The first-order valence-electron chi connectivity index (χ1n) is 7.23. The van der Waals surface area contributed by atoms with Crippen molar-refractivity contribution in [1.29, 1.82) is 0 Å². The normalized spacial score (nSPS) is 11.7. The third kappa shape index (κ3) is 5.22. The Bertz CT molecular complexity index is 738. The van der Waals surface area contributed by atoms with Gasteiger partial charge in [-0.05, 0) is 41.8 Å². The summed E-state index contributed by atoms with van der Waals surface area (Å²) in [7, 11) is 0. The van der Waals surface area contributed by atoms with Gasteiger partial charge in [0, 0.05) is 12.6 Å². The predicted octanol–water partition coefficient (Wildman–Crippen LogP) is 4.22. The SMILES string of the molecule is O=C(/C=C/c1cccc(C(F)(F)F)c1)NCCc1ccccc1F. The molecule has 1 N–H and O–H groups in total. The van der Waals surface area contributed by atoms with Gasteiger partial charge in [0.25, 0.3) is 0 Å². The summed E-state index contributed by atoms with van der Waals surface area (Å²) in [5.41, 5.74) is -0.0154. The Balaban J connectivity index is 1.88. The second-order valence-corrected chi connectivity index (χ2v) is 5.09. The van der Waals surface area contributed by atoms with Gasteiger partial charge in [-0.2, -0.15) is 13.2 Å². The second kappa shape index (κ2) is 7.77. The Hall–Kier alpha value is -2.63. The Morgan fingerprint density at radius 2 is 1.83 bits per heavy atom. The topological polar surface area (TPSA) is 29.1 Å². The zero-order valence-corrected chi connectivity index (χ0v) is 12.6. The molecular formula is C18H15F4NO. The smallest absolute Gasteiger partial charge is 0.352 e. The number of carbonyl (C=O) groups excluding carboxylic acids is 1. The van der Waals surface area contributed by atoms with Gasteiger partial charge in [-0.25, -0.2) is 4.39 Å². The molecule has 2 nitrogen and oxygen atoms in total. The first kappa shape index (κ1) is 17.7. The molecule has 2 rings (SSSR count). The molecule has 0 aliphatic carbocycles. The number of benzene rings is 2. The number of hydrogen-bond donors (Lipinski definition) is 1. The van der Waals surface area contributed by atoms with Gasteiger partial charge in [-0.3, -0.25) is 4.79 Å². The van der Waals surface area contributed by atoms with Crippen LogP contribution in [-0.2, 0) is 17.4 Å². The number of alkyl halides is 3. The zero-order chi connectivity index (χ0) is 17.6. The van der Waals surface area contributed by atoms with E-state index in [0.29, 0.717) is 12.0 Å². The molecule has 2 aromatic carbocycles. The summed E-state index contributed by atoms with van der Waals surface area (Å²) in [6.07, 6.45) is -1.65. The molecule has 0 fully saturated rings. The molecule has 0 heterocycles. The molecule has 0 saturated carbocycles. The maximum Gasteiger partial charge on any atom is 0.416 e. The minimum absolute atomic E-state index is 0.229. The average Bonchev–Trinajstić information content (AvgIpc) is 2.54. The first-order valence-corrected chi connectivity index (χ1v) is 7.23. The molecule has 0 aliphatic rings. The molecule has 0 bridgehead atoms. The van der Waals surface area contributed by atoms with Crippen molar-refractivity contribution in [2.75, 3.05) is 6.54 Å². The Labute approximate surface area is 136 Å². The van der Waals surface area contributed by atoms with E-state index in [1.165, 1.54) is 24.3 Å². The van der Waals surface area contributed by atoms with Gasteiger partial charge in [0.05, 0.1) is 5.56 Å². The molecule has 1 amide bonds. The van der Waals surface area contributed by atoms with Crippen LogP contribution in [0.2, 0.25) is 0 Å². The van der Waals surface area contributed by atoms with Crippen molar-refractivity contribution < 1.29 is 22.4 Å². The summed E-state index contributed by atoms with van der Waals surface area (Å²) >= 11 is 0. The molecule has 0 spiro atoms. The van der Waals surface area contributed by atoms with Crippen LogP contribution in [-0.4, -0.2) is 12.5 Å². The molecule has 24 heavy (non-hydrogen) atoms. The van der Waals surface area contributed by atoms with Crippen LogP contribution in [0.3, 0.4) is 0 Å². The summed E-state index contributed by atoms with van der Waals surface area (Å²) in [6.45, 7) is 0.229. The third-order valence-corrected chi connectivity index (χ3v) is 3.29. The Morgan fingerprint density at radius 1 is 1.08 bits per heavy atom. The van der Waals surface area contributed by atoms with Crippen LogP contribution in [0.15, 0.2) is 54.6 Å². The quantitative estimate of drug-likeness (QED) is 0.642. The van der Waals surface area contributed by atoms with Crippen molar-refractivity contribution in [2.24, 2.45) is 0 Å². The van der Waals surface area contributed by atoms with Crippen molar-refractivity contribution in [1.82, 2.24) is 5.32 Å². The average molecular weight is 337 g/mol. The minimum Gasteiger partial charge on any atom is -0.352 e. The van der Waals surface area contributed by atoms with Gasteiger partial charge in [0.2, 0.25) is 5.91 Å². The summed E-state index contributed by atoms with van der Waals surface area (Å²) in [5, 5.41) is 2.56. The van der Waals surface area contributed by atoms with Crippen molar-refractivity contribution >= 4 is 12.0 Å². The highest BCUT2D eigenvalue weighted by Crippen LogP contribution is 2.29. The van der Waals surface area contributed by atoms with Gasteiger partial charge in [0.15, 0.2) is 0 Å². The summed E-state index contributed by atoms with van der Waals surface area (Å²) in [6, 6.07) is 10.9. The van der Waals surface area contributed by atoms with Crippen molar-refractivity contribution in [3.8, 4) is 0 Å². The van der Waals surface area contributed by atoms with E-state index in [1.807, 2.05) is 0 Å². The van der Waals surface area contributed by atoms with Gasteiger partial charge in [-0.15, -0.1) is 0 Å². The van der Waals surface area contributed by atoms with Crippen LogP contribution in [0.4, 0.5) is 17.6 Å². The number of amides is 1. The number of halogens is 4. The molecular weight excluding hydrogens is 322 g/mol. The Kier molecular flexibility index (Phi) is 5.73. The highest BCUT2D eigenvalue weighted by atomic mass is 19.4. The maximum atomic E-state index is 13.4. The second-order valence-electron chi connectivity index (χ2n) is 5.09. The maximum absolute atomic E-state index is 13.4. The van der Waals surface area contributed by atoms with Crippen LogP contribution in [0.1, 0.15) is 16.7 Å². The van der Waals surface area contributed by atoms with E-state index in [-0.39, 0.29) is 17.9 Å². The highest BCUT2D eigenvalue weighted by molar-refractivity contribution is 5.91. The Morgan fingerprint density at radius 3 is 2.54 bits per heavy atom. The number of nitrogens with one attached hydrogen (secondary N) is 1. The molecule has 2 aromatic rings. The zero-order valence-electron chi connectivity index (χ0n) is 12.6. The van der Waals surface area contributed by atoms with Gasteiger partial charge < -0.3 is 5.32 Å². The monoisotopic (exact) mass is 337 g/mol. The highest BCUT2D eigenvalue weighted by Gasteiger charge is 2.30. The summed E-state index contributed by atoms with van der Waals surface area (Å²) in [5.74, 6) is -0.796. The standard InChI is InChI=1S/C18H15F4NO/c19-16-7-2-1-5-14(16)10-11-23-17(24)9-8-13-4-3-6-15(12-13)18(20,21)22/h1-9,12H,10-11H2,(H,23,24)/b9-8+. The molecule has 0 radical (unpaired) electrons. The fourth-order valence-corrected chi connectivity index (χ4v) is 2.07. The van der Waals surface area contributed by atoms with E-state index in [1.54, 1.807) is 18.2 Å². The summed E-state index contributed by atoms with van der Waals surface area (Å²) < 4.78 is 51.2. The fraction of sp³-hybridized carbons (Fsp3) is 0.167. The van der Waals surface area contributed by atoms with Gasteiger partial charge >= 0.3 is 6.18 Å². The van der Waals surface area contributed by atoms with E-state index < -0.39 is 17.6 Å². The third-order valence-electron chi connectivity index (χ3n) is 3.29. The number of rotatable bonds is 5. The molecule has 126 valence electrons. The van der Waals surface area contributed by atoms with Crippen LogP contribution in [0, 0.1) is 5.82 Å². The van der Waals surface area contributed by atoms with E-state index >= 15 is 0 Å². The van der Waals surface area contributed by atoms with E-state index in [0.717, 1.165) is 18.2 Å². The first-order chi connectivity index (χ1) is 11.4. The minimum atomic E-state index is -4.42. The lowest BCUT2D eigenvalue weighted by atomic mass is 10.1. The van der Waals surface area contributed by atoms with Crippen LogP contribution >= 0.6 is 0 Å². The van der Waals surface area contributed by atoms with E-state index in [4.69, 9.17) is 0 Å². The van der Waals surface area contributed by atoms with E-state index in [9.17, 15) is 22.4 Å². The largest absolute Gasteiger partial charge is 0.416 e.